The molecule has 1 aliphatic rings. The van der Waals surface area contributed by atoms with Gasteiger partial charge in [-0.2, -0.15) is 0 Å². The van der Waals surface area contributed by atoms with Crippen LogP contribution in [0.1, 0.15) is 5.56 Å². The van der Waals surface area contributed by atoms with Crippen molar-refractivity contribution in [3.63, 3.8) is 0 Å². The van der Waals surface area contributed by atoms with Crippen molar-refractivity contribution < 1.29 is 8.42 Å². The van der Waals surface area contributed by atoms with Gasteiger partial charge in [-0.3, -0.25) is 4.90 Å². The van der Waals surface area contributed by atoms with Gasteiger partial charge in [-0.25, -0.2) is 13.1 Å². The summed E-state index contributed by atoms with van der Waals surface area (Å²) >= 11 is 3.31. The standard InChI is InChI=1S/C13H20BrN3O2S/c1-11-2-3-12(14)10-13(11)20(18,19)16-6-9-17-7-4-15-5-8-17/h2-3,10,15-16H,4-9H2,1H3. The van der Waals surface area contributed by atoms with Gasteiger partial charge in [-0.15, -0.1) is 0 Å². The Kier molecular flexibility index (Phi) is 5.57. The zero-order valence-corrected chi connectivity index (χ0v) is 13.9. The number of aryl methyl sites for hydroxylation is 1. The number of hydrogen-bond acceptors (Lipinski definition) is 4. The van der Waals surface area contributed by atoms with Crippen molar-refractivity contribution in [3.8, 4) is 0 Å². The van der Waals surface area contributed by atoms with Gasteiger partial charge in [-0.05, 0) is 24.6 Å². The van der Waals surface area contributed by atoms with Gasteiger partial charge in [0.05, 0.1) is 4.90 Å². The van der Waals surface area contributed by atoms with Crippen LogP contribution < -0.4 is 10.0 Å². The van der Waals surface area contributed by atoms with E-state index in [4.69, 9.17) is 0 Å². The highest BCUT2D eigenvalue weighted by molar-refractivity contribution is 9.10. The summed E-state index contributed by atoms with van der Waals surface area (Å²) in [6, 6.07) is 5.28. The minimum Gasteiger partial charge on any atom is -0.314 e. The smallest absolute Gasteiger partial charge is 0.240 e. The summed E-state index contributed by atoms with van der Waals surface area (Å²) in [5.74, 6) is 0. The molecule has 1 heterocycles. The zero-order chi connectivity index (χ0) is 14.6. The molecule has 1 aliphatic heterocycles. The fraction of sp³-hybridized carbons (Fsp3) is 0.538. The minimum absolute atomic E-state index is 0.340. The second-order valence-corrected chi connectivity index (χ2v) is 7.55. The van der Waals surface area contributed by atoms with E-state index >= 15 is 0 Å². The fourth-order valence-electron chi connectivity index (χ4n) is 2.21. The SMILES string of the molecule is Cc1ccc(Br)cc1S(=O)(=O)NCCN1CCNCC1. The molecule has 0 spiro atoms. The molecule has 2 rings (SSSR count). The molecule has 0 atom stereocenters. The highest BCUT2D eigenvalue weighted by Gasteiger charge is 2.17. The molecular formula is C13H20BrN3O2S. The Morgan fingerprint density at radius 3 is 2.75 bits per heavy atom. The maximum Gasteiger partial charge on any atom is 0.240 e. The molecule has 0 aliphatic carbocycles. The third kappa shape index (κ3) is 4.26. The number of piperazine rings is 1. The monoisotopic (exact) mass is 361 g/mol. The molecule has 1 aromatic carbocycles. The van der Waals surface area contributed by atoms with Crippen molar-refractivity contribution in [1.29, 1.82) is 0 Å². The second kappa shape index (κ2) is 7.00. The van der Waals surface area contributed by atoms with E-state index in [1.807, 2.05) is 6.07 Å². The van der Waals surface area contributed by atoms with Gasteiger partial charge in [0.15, 0.2) is 0 Å². The Balaban J connectivity index is 1.95. The van der Waals surface area contributed by atoms with Crippen LogP contribution in [0.25, 0.3) is 0 Å². The van der Waals surface area contributed by atoms with E-state index in [2.05, 4.69) is 30.9 Å². The molecule has 2 N–H and O–H groups in total. The van der Waals surface area contributed by atoms with E-state index in [1.165, 1.54) is 0 Å². The highest BCUT2D eigenvalue weighted by atomic mass is 79.9. The maximum atomic E-state index is 12.3. The molecule has 0 aromatic heterocycles. The minimum atomic E-state index is -3.44. The first-order valence-corrected chi connectivity index (χ1v) is 8.95. The maximum absolute atomic E-state index is 12.3. The van der Waals surface area contributed by atoms with Crippen molar-refractivity contribution in [2.24, 2.45) is 0 Å². The topological polar surface area (TPSA) is 61.4 Å². The van der Waals surface area contributed by atoms with Crippen molar-refractivity contribution in [1.82, 2.24) is 14.9 Å². The molecule has 5 nitrogen and oxygen atoms in total. The molecule has 1 saturated heterocycles. The molecule has 7 heteroatoms. The third-order valence-corrected chi connectivity index (χ3v) is 5.47. The van der Waals surface area contributed by atoms with Gasteiger partial charge in [0.25, 0.3) is 0 Å². The average Bonchev–Trinajstić information content (AvgIpc) is 2.42. The first-order chi connectivity index (χ1) is 9.49. The van der Waals surface area contributed by atoms with Gasteiger partial charge in [-0.1, -0.05) is 22.0 Å². The summed E-state index contributed by atoms with van der Waals surface area (Å²) in [5, 5.41) is 3.28. The van der Waals surface area contributed by atoms with E-state index in [-0.39, 0.29) is 0 Å². The zero-order valence-electron chi connectivity index (χ0n) is 11.5. The number of benzene rings is 1. The summed E-state index contributed by atoms with van der Waals surface area (Å²) in [7, 11) is -3.44. The molecule has 0 bridgehead atoms. The first kappa shape index (κ1) is 15.9. The van der Waals surface area contributed by atoms with Crippen LogP contribution >= 0.6 is 15.9 Å². The summed E-state index contributed by atoms with van der Waals surface area (Å²) in [6.45, 7) is 6.86. The third-order valence-electron chi connectivity index (χ3n) is 3.37. The Morgan fingerprint density at radius 2 is 2.05 bits per heavy atom. The van der Waals surface area contributed by atoms with Crippen LogP contribution in [0.3, 0.4) is 0 Å². The second-order valence-electron chi connectivity index (χ2n) is 4.90. The largest absolute Gasteiger partial charge is 0.314 e. The van der Waals surface area contributed by atoms with E-state index in [1.54, 1.807) is 19.1 Å². The normalized spacial score (nSPS) is 17.3. The van der Waals surface area contributed by atoms with Gasteiger partial charge in [0, 0.05) is 43.7 Å². The predicted octanol–water partition coefficient (Wildman–Crippen LogP) is 0.941. The lowest BCUT2D eigenvalue weighted by Crippen LogP contribution is -2.46. The summed E-state index contributed by atoms with van der Waals surface area (Å²) in [6.07, 6.45) is 0. The molecule has 20 heavy (non-hydrogen) atoms. The molecule has 0 saturated carbocycles. The Morgan fingerprint density at radius 1 is 1.35 bits per heavy atom. The number of nitrogens with zero attached hydrogens (tertiary/aromatic N) is 1. The summed E-state index contributed by atoms with van der Waals surface area (Å²) < 4.78 is 28.0. The van der Waals surface area contributed by atoms with Crippen LogP contribution in [0.15, 0.2) is 27.6 Å². The van der Waals surface area contributed by atoms with E-state index in [0.29, 0.717) is 11.4 Å². The van der Waals surface area contributed by atoms with E-state index < -0.39 is 10.0 Å². The van der Waals surface area contributed by atoms with E-state index in [0.717, 1.165) is 42.8 Å². The van der Waals surface area contributed by atoms with Crippen LogP contribution in [0.2, 0.25) is 0 Å². The van der Waals surface area contributed by atoms with Gasteiger partial charge in [0.1, 0.15) is 0 Å². The molecular weight excluding hydrogens is 342 g/mol. The molecule has 1 aromatic rings. The van der Waals surface area contributed by atoms with Crippen LogP contribution in [0, 0.1) is 6.92 Å². The molecule has 0 unspecified atom stereocenters. The number of rotatable bonds is 5. The number of nitrogens with one attached hydrogen (secondary N) is 2. The molecule has 1 fully saturated rings. The number of sulfonamides is 1. The lowest BCUT2D eigenvalue weighted by atomic mass is 10.2. The van der Waals surface area contributed by atoms with Gasteiger partial charge < -0.3 is 5.32 Å². The van der Waals surface area contributed by atoms with Crippen molar-refractivity contribution in [2.45, 2.75) is 11.8 Å². The van der Waals surface area contributed by atoms with Crippen LogP contribution in [-0.2, 0) is 10.0 Å². The van der Waals surface area contributed by atoms with Crippen molar-refractivity contribution >= 4 is 26.0 Å². The summed E-state index contributed by atoms with van der Waals surface area (Å²) in [5.41, 5.74) is 0.753. The lowest BCUT2D eigenvalue weighted by molar-refractivity contribution is 0.245. The highest BCUT2D eigenvalue weighted by Crippen LogP contribution is 2.20. The molecule has 0 radical (unpaired) electrons. The Hall–Kier alpha value is -0.470. The van der Waals surface area contributed by atoms with Gasteiger partial charge in [0.2, 0.25) is 10.0 Å². The van der Waals surface area contributed by atoms with Crippen molar-refractivity contribution in [3.05, 3.63) is 28.2 Å². The lowest BCUT2D eigenvalue weighted by Gasteiger charge is -2.27. The number of hydrogen-bond donors (Lipinski definition) is 2. The molecule has 112 valence electrons. The quantitative estimate of drug-likeness (QED) is 0.819. The predicted molar refractivity (Wildman–Crippen MR) is 83.4 cm³/mol. The number of halogens is 1. The summed E-state index contributed by atoms with van der Waals surface area (Å²) in [4.78, 5) is 2.60. The fourth-order valence-corrected chi connectivity index (χ4v) is 4.02. The molecule has 0 amide bonds. The Labute approximate surface area is 128 Å². The Bertz CT molecular complexity index is 557. The van der Waals surface area contributed by atoms with Crippen LogP contribution in [0.5, 0.6) is 0 Å². The van der Waals surface area contributed by atoms with E-state index in [9.17, 15) is 8.42 Å². The first-order valence-electron chi connectivity index (χ1n) is 6.68. The van der Waals surface area contributed by atoms with Gasteiger partial charge >= 0.3 is 0 Å². The average molecular weight is 362 g/mol. The van der Waals surface area contributed by atoms with Crippen molar-refractivity contribution in [2.75, 3.05) is 39.3 Å². The van der Waals surface area contributed by atoms with Crippen LogP contribution in [0.4, 0.5) is 0 Å². The van der Waals surface area contributed by atoms with Crippen LogP contribution in [-0.4, -0.2) is 52.6 Å².